The summed E-state index contributed by atoms with van der Waals surface area (Å²) in [6.45, 7) is 3.65. The number of aliphatic hydroxyl groups excluding tert-OH is 1. The van der Waals surface area contributed by atoms with E-state index in [9.17, 15) is 5.11 Å². The van der Waals surface area contributed by atoms with Crippen molar-refractivity contribution >= 4 is 17.2 Å². The maximum atomic E-state index is 10.5. The molecule has 0 aliphatic carbocycles. The molecular weight excluding hydrogens is 260 g/mol. The number of thiocarbonyl (C=S) groups is 1. The summed E-state index contributed by atoms with van der Waals surface area (Å²) in [5.41, 5.74) is 0.551. The van der Waals surface area contributed by atoms with E-state index < -0.39 is 11.7 Å². The van der Waals surface area contributed by atoms with Crippen molar-refractivity contribution in [2.45, 2.75) is 31.5 Å². The Bertz CT molecular complexity index is 563. The largest absolute Gasteiger partial charge is 0.485 e. The van der Waals surface area contributed by atoms with Gasteiger partial charge in [-0.15, -0.1) is 0 Å². The molecule has 5 heteroatoms. The summed E-state index contributed by atoms with van der Waals surface area (Å²) >= 11 is 5.30. The number of nitrogens with zero attached hydrogens (tertiary/aromatic N) is 1. The minimum atomic E-state index is -0.770. The zero-order valence-electron chi connectivity index (χ0n) is 11.1. The Hall–Kier alpha value is -1.64. The minimum absolute atomic E-state index is 0.368. The topological polar surface area (TPSA) is 65.3 Å². The lowest BCUT2D eigenvalue weighted by Gasteiger charge is -2.42. The zero-order chi connectivity index (χ0) is 14.2. The van der Waals surface area contributed by atoms with Crippen LogP contribution in [-0.2, 0) is 0 Å². The second kappa shape index (κ2) is 4.80. The summed E-state index contributed by atoms with van der Waals surface area (Å²) in [6, 6.07) is 7.27. The molecule has 1 aromatic rings. The summed E-state index contributed by atoms with van der Waals surface area (Å²) in [7, 11) is 1.73. The lowest BCUT2D eigenvalue weighted by molar-refractivity contribution is -0.0467. The number of ether oxygens (including phenoxy) is 1. The number of nitriles is 1. The summed E-state index contributed by atoms with van der Waals surface area (Å²) in [6.07, 6.45) is -0.770. The predicted molar refractivity (Wildman–Crippen MR) is 76.3 cm³/mol. The number of hydrogen-bond acceptors (Lipinski definition) is 4. The summed E-state index contributed by atoms with van der Waals surface area (Å²) in [5, 5.41) is 22.4. The van der Waals surface area contributed by atoms with Gasteiger partial charge in [0.05, 0.1) is 22.5 Å². The van der Waals surface area contributed by atoms with Crippen LogP contribution in [0.15, 0.2) is 18.2 Å². The first-order chi connectivity index (χ1) is 8.90. The van der Waals surface area contributed by atoms with E-state index in [0.29, 0.717) is 16.3 Å². The average Bonchev–Trinajstić information content (AvgIpc) is 2.38. The van der Waals surface area contributed by atoms with Gasteiger partial charge in [-0.1, -0.05) is 12.2 Å². The third kappa shape index (κ3) is 2.29. The van der Waals surface area contributed by atoms with Crippen molar-refractivity contribution in [2.24, 2.45) is 0 Å². The van der Waals surface area contributed by atoms with Gasteiger partial charge in [-0.3, -0.25) is 0 Å². The van der Waals surface area contributed by atoms with E-state index in [1.54, 1.807) is 25.2 Å². The van der Waals surface area contributed by atoms with Crippen LogP contribution in [0.5, 0.6) is 5.75 Å². The highest BCUT2D eigenvalue weighted by Crippen LogP contribution is 2.41. The smallest absolute Gasteiger partial charge is 0.130 e. The van der Waals surface area contributed by atoms with Crippen molar-refractivity contribution in [3.8, 4) is 11.8 Å². The molecule has 0 spiro atoms. The molecular formula is C14H16N2O2S. The highest BCUT2D eigenvalue weighted by Gasteiger charge is 2.44. The fraction of sp³-hybridized carbons (Fsp3) is 0.429. The van der Waals surface area contributed by atoms with Crippen LogP contribution >= 0.6 is 12.2 Å². The molecule has 0 aromatic heterocycles. The van der Waals surface area contributed by atoms with Gasteiger partial charge in [-0.05, 0) is 32.0 Å². The standard InChI is InChI=1S/C14H16N2O2S/c1-14(2)12(17)11(13(19)16-3)9-6-8(7-15)4-5-10(9)18-14/h4-6,11-12,17H,1-3H3,(H,16,19). The number of rotatable bonds is 1. The number of hydrogen-bond donors (Lipinski definition) is 2. The lowest BCUT2D eigenvalue weighted by atomic mass is 9.81. The Labute approximate surface area is 118 Å². The summed E-state index contributed by atoms with van der Waals surface area (Å²) in [4.78, 5) is 0.542. The molecule has 1 heterocycles. The van der Waals surface area contributed by atoms with Gasteiger partial charge in [-0.2, -0.15) is 5.26 Å². The van der Waals surface area contributed by atoms with E-state index >= 15 is 0 Å². The molecule has 1 aromatic carbocycles. The van der Waals surface area contributed by atoms with Gasteiger partial charge in [-0.25, -0.2) is 0 Å². The number of nitrogens with one attached hydrogen (secondary N) is 1. The summed E-state index contributed by atoms with van der Waals surface area (Å²) < 4.78 is 5.81. The number of fused-ring (bicyclic) bond motifs is 1. The van der Waals surface area contributed by atoms with Gasteiger partial charge in [0.2, 0.25) is 0 Å². The van der Waals surface area contributed by atoms with Crippen molar-refractivity contribution in [1.82, 2.24) is 5.32 Å². The third-order valence-electron chi connectivity index (χ3n) is 3.40. The van der Waals surface area contributed by atoms with Gasteiger partial charge in [0, 0.05) is 12.6 Å². The van der Waals surface area contributed by atoms with E-state index in [1.807, 2.05) is 13.8 Å². The first kappa shape index (κ1) is 13.8. The van der Waals surface area contributed by atoms with Crippen molar-refractivity contribution in [2.75, 3.05) is 7.05 Å². The third-order valence-corrected chi connectivity index (χ3v) is 3.86. The molecule has 1 aliphatic heterocycles. The number of likely N-dealkylation sites (N-methyl/N-ethyl adjacent to an activating group) is 1. The normalized spacial score (nSPS) is 23.7. The molecule has 2 rings (SSSR count). The van der Waals surface area contributed by atoms with Gasteiger partial charge < -0.3 is 15.2 Å². The van der Waals surface area contributed by atoms with Crippen LogP contribution < -0.4 is 10.1 Å². The van der Waals surface area contributed by atoms with E-state index in [4.69, 9.17) is 22.2 Å². The molecule has 0 amide bonds. The second-order valence-corrected chi connectivity index (χ2v) is 5.55. The molecule has 0 saturated heterocycles. The quantitative estimate of drug-likeness (QED) is 0.765. The highest BCUT2D eigenvalue weighted by molar-refractivity contribution is 7.80. The van der Waals surface area contributed by atoms with E-state index in [-0.39, 0.29) is 5.92 Å². The fourth-order valence-corrected chi connectivity index (χ4v) is 2.57. The molecule has 100 valence electrons. The maximum Gasteiger partial charge on any atom is 0.130 e. The van der Waals surface area contributed by atoms with Crippen LogP contribution in [0.3, 0.4) is 0 Å². The van der Waals surface area contributed by atoms with Crippen LogP contribution in [0.2, 0.25) is 0 Å². The Balaban J connectivity index is 2.59. The van der Waals surface area contributed by atoms with Crippen LogP contribution in [0.1, 0.15) is 30.9 Å². The maximum absolute atomic E-state index is 10.5. The van der Waals surface area contributed by atoms with Crippen LogP contribution in [0.4, 0.5) is 0 Å². The second-order valence-electron chi connectivity index (χ2n) is 5.11. The van der Waals surface area contributed by atoms with Gasteiger partial charge in [0.1, 0.15) is 17.5 Å². The molecule has 0 radical (unpaired) electrons. The van der Waals surface area contributed by atoms with Crippen molar-refractivity contribution in [1.29, 1.82) is 5.26 Å². The molecule has 0 fully saturated rings. The van der Waals surface area contributed by atoms with E-state index in [2.05, 4.69) is 11.4 Å². The van der Waals surface area contributed by atoms with E-state index in [0.717, 1.165) is 5.56 Å². The molecule has 0 saturated carbocycles. The SMILES string of the molecule is CNC(=S)C1c2cc(C#N)ccc2OC(C)(C)C1O. The van der Waals surface area contributed by atoms with Crippen LogP contribution in [-0.4, -0.2) is 28.8 Å². The number of benzene rings is 1. The average molecular weight is 276 g/mol. The number of aliphatic hydroxyl groups is 1. The van der Waals surface area contributed by atoms with E-state index in [1.165, 1.54) is 0 Å². The Morgan fingerprint density at radius 2 is 2.21 bits per heavy atom. The van der Waals surface area contributed by atoms with Gasteiger partial charge in [0.25, 0.3) is 0 Å². The van der Waals surface area contributed by atoms with Crippen LogP contribution in [0.25, 0.3) is 0 Å². The Kier molecular flexibility index (Phi) is 3.48. The monoisotopic (exact) mass is 276 g/mol. The molecule has 19 heavy (non-hydrogen) atoms. The zero-order valence-corrected chi connectivity index (χ0v) is 11.9. The van der Waals surface area contributed by atoms with Crippen molar-refractivity contribution in [3.63, 3.8) is 0 Å². The molecule has 0 bridgehead atoms. The first-order valence-corrected chi connectivity index (χ1v) is 6.44. The Morgan fingerprint density at radius 3 is 2.79 bits per heavy atom. The van der Waals surface area contributed by atoms with Crippen molar-refractivity contribution in [3.05, 3.63) is 29.3 Å². The lowest BCUT2D eigenvalue weighted by Crippen LogP contribution is -2.52. The van der Waals surface area contributed by atoms with Gasteiger partial charge >= 0.3 is 0 Å². The predicted octanol–water partition coefficient (Wildman–Crippen LogP) is 1.72. The minimum Gasteiger partial charge on any atom is -0.485 e. The van der Waals surface area contributed by atoms with Gasteiger partial charge in [0.15, 0.2) is 0 Å². The molecule has 4 nitrogen and oxygen atoms in total. The fourth-order valence-electron chi connectivity index (χ4n) is 2.31. The van der Waals surface area contributed by atoms with Crippen LogP contribution in [0, 0.1) is 11.3 Å². The molecule has 2 N–H and O–H groups in total. The molecule has 1 aliphatic rings. The molecule has 2 unspecified atom stereocenters. The van der Waals surface area contributed by atoms with Crippen molar-refractivity contribution < 1.29 is 9.84 Å². The molecule has 2 atom stereocenters. The summed E-state index contributed by atoms with van der Waals surface area (Å²) in [5.74, 6) is 0.295. The Morgan fingerprint density at radius 1 is 1.53 bits per heavy atom. The first-order valence-electron chi connectivity index (χ1n) is 6.03. The highest BCUT2D eigenvalue weighted by atomic mass is 32.1.